The fourth-order valence-electron chi connectivity index (χ4n) is 2.03. The first-order valence-corrected chi connectivity index (χ1v) is 6.73. The first-order valence-electron chi connectivity index (χ1n) is 6.73. The van der Waals surface area contributed by atoms with Crippen LogP contribution in [-0.2, 0) is 6.54 Å². The smallest absolute Gasteiger partial charge is 0.155 e. The zero-order chi connectivity index (χ0) is 13.0. The fraction of sp³-hybridized carbons (Fsp3) is 0.571. The van der Waals surface area contributed by atoms with Crippen LogP contribution in [-0.4, -0.2) is 20.6 Å². The number of hydrogen-bond acceptors (Lipinski definition) is 3. The van der Waals surface area contributed by atoms with Crippen molar-refractivity contribution in [3.05, 3.63) is 29.7 Å². The van der Waals surface area contributed by atoms with E-state index in [1.165, 1.54) is 24.8 Å². The van der Waals surface area contributed by atoms with Crippen LogP contribution in [0.15, 0.2) is 18.5 Å². The highest BCUT2D eigenvalue weighted by Gasteiger charge is 2.03. The first kappa shape index (κ1) is 13.0. The summed E-state index contributed by atoms with van der Waals surface area (Å²) in [5.41, 5.74) is 3.09. The Bertz CT molecular complexity index is 503. The van der Waals surface area contributed by atoms with Crippen LogP contribution < -0.4 is 5.32 Å². The summed E-state index contributed by atoms with van der Waals surface area (Å²) in [5, 5.41) is 7.90. The molecule has 0 aliphatic rings. The quantitative estimate of drug-likeness (QED) is 0.852. The second kappa shape index (κ2) is 5.96. The third kappa shape index (κ3) is 3.29. The van der Waals surface area contributed by atoms with Crippen LogP contribution in [0.4, 0.5) is 0 Å². The van der Waals surface area contributed by atoms with E-state index < -0.39 is 0 Å². The summed E-state index contributed by atoms with van der Waals surface area (Å²) in [6.07, 6.45) is 7.74. The van der Waals surface area contributed by atoms with Crippen molar-refractivity contribution in [2.45, 2.75) is 52.6 Å². The van der Waals surface area contributed by atoms with Crippen molar-refractivity contribution < 1.29 is 0 Å². The summed E-state index contributed by atoms with van der Waals surface area (Å²) in [4.78, 5) is 4.40. The molecule has 0 fully saturated rings. The van der Waals surface area contributed by atoms with Crippen LogP contribution in [0.3, 0.4) is 0 Å². The van der Waals surface area contributed by atoms with Crippen molar-refractivity contribution in [2.24, 2.45) is 0 Å². The third-order valence-electron chi connectivity index (χ3n) is 3.13. The van der Waals surface area contributed by atoms with Gasteiger partial charge in [-0.3, -0.25) is 0 Å². The van der Waals surface area contributed by atoms with E-state index in [1.54, 1.807) is 0 Å². The molecule has 0 aliphatic heterocycles. The zero-order valence-electron chi connectivity index (χ0n) is 11.5. The Morgan fingerprint density at radius 1 is 1.44 bits per heavy atom. The molecule has 1 unspecified atom stereocenters. The maximum atomic E-state index is 4.40. The number of aromatic nitrogens is 3. The molecule has 0 aromatic carbocycles. The van der Waals surface area contributed by atoms with Crippen molar-refractivity contribution in [1.29, 1.82) is 0 Å². The summed E-state index contributed by atoms with van der Waals surface area (Å²) in [6, 6.07) is 2.54. The van der Waals surface area contributed by atoms with Crippen LogP contribution >= 0.6 is 0 Å². The molecule has 98 valence electrons. The van der Waals surface area contributed by atoms with Gasteiger partial charge in [0, 0.05) is 36.6 Å². The Morgan fingerprint density at radius 3 is 3.06 bits per heavy atom. The van der Waals surface area contributed by atoms with E-state index in [1.807, 2.05) is 23.7 Å². The van der Waals surface area contributed by atoms with Gasteiger partial charge in [0.2, 0.25) is 0 Å². The second-order valence-electron chi connectivity index (χ2n) is 4.97. The van der Waals surface area contributed by atoms with Crippen LogP contribution in [0.5, 0.6) is 0 Å². The number of fused-ring (bicyclic) bond motifs is 1. The average Bonchev–Trinajstić information content (AvgIpc) is 2.73. The molecule has 2 aromatic rings. The van der Waals surface area contributed by atoms with Crippen LogP contribution in [0.2, 0.25) is 0 Å². The minimum Gasteiger partial charge on any atom is -0.310 e. The van der Waals surface area contributed by atoms with E-state index >= 15 is 0 Å². The fourth-order valence-corrected chi connectivity index (χ4v) is 2.03. The maximum Gasteiger partial charge on any atom is 0.155 e. The van der Waals surface area contributed by atoms with Crippen molar-refractivity contribution >= 4 is 5.65 Å². The van der Waals surface area contributed by atoms with Gasteiger partial charge in [-0.15, -0.1) is 0 Å². The Morgan fingerprint density at radius 2 is 2.28 bits per heavy atom. The molecule has 2 heterocycles. The highest BCUT2D eigenvalue weighted by molar-refractivity contribution is 5.38. The van der Waals surface area contributed by atoms with Crippen molar-refractivity contribution in [3.8, 4) is 0 Å². The Labute approximate surface area is 108 Å². The van der Waals surface area contributed by atoms with Crippen molar-refractivity contribution in [3.63, 3.8) is 0 Å². The number of aryl methyl sites for hydroxylation is 1. The molecular formula is C14H22N4. The molecule has 18 heavy (non-hydrogen) atoms. The maximum absolute atomic E-state index is 4.40. The lowest BCUT2D eigenvalue weighted by molar-refractivity contribution is 0.494. The summed E-state index contributed by atoms with van der Waals surface area (Å²) in [7, 11) is 0. The molecular weight excluding hydrogens is 224 g/mol. The largest absolute Gasteiger partial charge is 0.310 e. The highest BCUT2D eigenvalue weighted by Crippen LogP contribution is 2.06. The second-order valence-corrected chi connectivity index (χ2v) is 4.97. The summed E-state index contributed by atoms with van der Waals surface area (Å²) in [5.74, 6) is 0. The molecule has 2 aromatic heterocycles. The SMILES string of the molecule is CCCCC(C)NCc1cnc2cc(C)nn2c1. The van der Waals surface area contributed by atoms with Gasteiger partial charge in [0.05, 0.1) is 5.69 Å². The van der Waals surface area contributed by atoms with E-state index in [2.05, 4.69) is 35.4 Å². The average molecular weight is 246 g/mol. The minimum atomic E-state index is 0.556. The van der Waals surface area contributed by atoms with Crippen LogP contribution in [0.25, 0.3) is 5.65 Å². The highest BCUT2D eigenvalue weighted by atomic mass is 15.2. The van der Waals surface area contributed by atoms with Crippen LogP contribution in [0.1, 0.15) is 44.4 Å². The van der Waals surface area contributed by atoms with Gasteiger partial charge in [0.1, 0.15) is 0 Å². The molecule has 1 atom stereocenters. The van der Waals surface area contributed by atoms with Gasteiger partial charge < -0.3 is 5.32 Å². The van der Waals surface area contributed by atoms with E-state index in [0.717, 1.165) is 17.9 Å². The van der Waals surface area contributed by atoms with Crippen molar-refractivity contribution in [2.75, 3.05) is 0 Å². The molecule has 0 saturated heterocycles. The van der Waals surface area contributed by atoms with Gasteiger partial charge in [-0.25, -0.2) is 9.50 Å². The lowest BCUT2D eigenvalue weighted by Crippen LogP contribution is -2.25. The zero-order valence-corrected chi connectivity index (χ0v) is 11.5. The molecule has 0 radical (unpaired) electrons. The van der Waals surface area contributed by atoms with E-state index in [-0.39, 0.29) is 0 Å². The number of nitrogens with zero attached hydrogens (tertiary/aromatic N) is 3. The molecule has 0 saturated carbocycles. The lowest BCUT2D eigenvalue weighted by Gasteiger charge is -2.12. The molecule has 2 rings (SSSR count). The Balaban J connectivity index is 1.95. The predicted octanol–water partition coefficient (Wildman–Crippen LogP) is 2.71. The molecule has 0 bridgehead atoms. The summed E-state index contributed by atoms with van der Waals surface area (Å²) >= 11 is 0. The first-order chi connectivity index (χ1) is 8.69. The summed E-state index contributed by atoms with van der Waals surface area (Å²) in [6.45, 7) is 7.30. The molecule has 4 heteroatoms. The third-order valence-corrected chi connectivity index (χ3v) is 3.13. The normalized spacial score (nSPS) is 13.1. The Kier molecular flexibility index (Phi) is 4.31. The number of unbranched alkanes of at least 4 members (excludes halogenated alkanes) is 1. The van der Waals surface area contributed by atoms with Gasteiger partial charge in [0.25, 0.3) is 0 Å². The molecule has 0 amide bonds. The number of hydrogen-bond donors (Lipinski definition) is 1. The van der Waals surface area contributed by atoms with E-state index in [0.29, 0.717) is 6.04 Å². The molecule has 1 N–H and O–H groups in total. The van der Waals surface area contributed by atoms with Crippen molar-refractivity contribution in [1.82, 2.24) is 19.9 Å². The van der Waals surface area contributed by atoms with E-state index in [9.17, 15) is 0 Å². The topological polar surface area (TPSA) is 42.2 Å². The van der Waals surface area contributed by atoms with Gasteiger partial charge in [0.15, 0.2) is 5.65 Å². The van der Waals surface area contributed by atoms with Crippen LogP contribution in [0, 0.1) is 6.92 Å². The number of rotatable bonds is 6. The van der Waals surface area contributed by atoms with Gasteiger partial charge in [-0.05, 0) is 20.3 Å². The predicted molar refractivity (Wildman–Crippen MR) is 73.6 cm³/mol. The Hall–Kier alpha value is -1.42. The molecule has 0 spiro atoms. The minimum absolute atomic E-state index is 0.556. The monoisotopic (exact) mass is 246 g/mol. The standard InChI is InChI=1S/C14H22N4/c1-4-5-6-11(2)15-8-13-9-16-14-7-12(3)17-18(14)10-13/h7,9-11,15H,4-6,8H2,1-3H3. The molecule has 4 nitrogen and oxygen atoms in total. The van der Waals surface area contributed by atoms with E-state index in [4.69, 9.17) is 0 Å². The van der Waals surface area contributed by atoms with Gasteiger partial charge >= 0.3 is 0 Å². The lowest BCUT2D eigenvalue weighted by atomic mass is 10.1. The van der Waals surface area contributed by atoms with Gasteiger partial charge in [-0.2, -0.15) is 5.10 Å². The summed E-state index contributed by atoms with van der Waals surface area (Å²) < 4.78 is 1.85. The van der Waals surface area contributed by atoms with Gasteiger partial charge in [-0.1, -0.05) is 19.8 Å². The molecule has 0 aliphatic carbocycles. The number of nitrogens with one attached hydrogen (secondary N) is 1.